The molecule has 0 saturated heterocycles. The lowest BCUT2D eigenvalue weighted by Crippen LogP contribution is -2.10. The molecule has 0 radical (unpaired) electrons. The summed E-state index contributed by atoms with van der Waals surface area (Å²) in [5.74, 6) is 0.619. The summed E-state index contributed by atoms with van der Waals surface area (Å²) < 4.78 is 10.3. The largest absolute Gasteiger partial charge is 0.495 e. The van der Waals surface area contributed by atoms with Gasteiger partial charge in [-0.1, -0.05) is 6.07 Å². The van der Waals surface area contributed by atoms with Crippen molar-refractivity contribution in [3.63, 3.8) is 0 Å². The van der Waals surface area contributed by atoms with Gasteiger partial charge in [0.15, 0.2) is 6.29 Å². The highest BCUT2D eigenvalue weighted by Gasteiger charge is 2.10. The van der Waals surface area contributed by atoms with Crippen LogP contribution in [0.1, 0.15) is 25.5 Å². The van der Waals surface area contributed by atoms with Crippen molar-refractivity contribution in [2.45, 2.75) is 26.2 Å². The summed E-state index contributed by atoms with van der Waals surface area (Å²) in [5.41, 5.74) is 7.19. The van der Waals surface area contributed by atoms with Gasteiger partial charge in [0.05, 0.1) is 18.9 Å². The second-order valence-corrected chi connectivity index (χ2v) is 3.38. The molecule has 2 atom stereocenters. The molecular weight excluding hydrogens is 194 g/mol. The van der Waals surface area contributed by atoms with Crippen molar-refractivity contribution < 1.29 is 14.6 Å². The summed E-state index contributed by atoms with van der Waals surface area (Å²) in [6.07, 6.45) is -0.983. The van der Waals surface area contributed by atoms with Crippen molar-refractivity contribution in [1.82, 2.24) is 0 Å². The van der Waals surface area contributed by atoms with Gasteiger partial charge in [0.2, 0.25) is 0 Å². The van der Waals surface area contributed by atoms with Crippen molar-refractivity contribution in [1.29, 1.82) is 0 Å². The molecule has 0 saturated carbocycles. The van der Waals surface area contributed by atoms with E-state index in [9.17, 15) is 0 Å². The van der Waals surface area contributed by atoms with Crippen molar-refractivity contribution in [3.05, 3.63) is 23.8 Å². The molecule has 0 aliphatic rings. The van der Waals surface area contributed by atoms with Gasteiger partial charge in [0, 0.05) is 0 Å². The van der Waals surface area contributed by atoms with Gasteiger partial charge in [0.1, 0.15) is 5.75 Å². The third kappa shape index (κ3) is 3.11. The Labute approximate surface area is 89.6 Å². The Bertz CT molecular complexity index is 326. The number of hydrogen-bond donors (Lipinski definition) is 2. The number of anilines is 1. The van der Waals surface area contributed by atoms with Crippen LogP contribution in [0.15, 0.2) is 18.2 Å². The van der Waals surface area contributed by atoms with E-state index in [0.29, 0.717) is 11.4 Å². The standard InChI is InChI=1S/C11H17NO3/c1-7(15-8(2)13)9-4-5-10(12)11(6-9)14-3/h4-8,13H,12H2,1-3H3. The minimum Gasteiger partial charge on any atom is -0.495 e. The molecule has 3 N–H and O–H groups in total. The zero-order valence-electron chi connectivity index (χ0n) is 9.23. The van der Waals surface area contributed by atoms with E-state index in [-0.39, 0.29) is 6.10 Å². The number of aliphatic hydroxyl groups excluding tert-OH is 1. The Hall–Kier alpha value is -1.26. The van der Waals surface area contributed by atoms with Gasteiger partial charge >= 0.3 is 0 Å². The number of benzene rings is 1. The lowest BCUT2D eigenvalue weighted by Gasteiger charge is -2.16. The van der Waals surface area contributed by atoms with Gasteiger partial charge in [0.25, 0.3) is 0 Å². The predicted molar refractivity (Wildman–Crippen MR) is 58.6 cm³/mol. The molecule has 0 aliphatic carbocycles. The van der Waals surface area contributed by atoms with Gasteiger partial charge in [-0.2, -0.15) is 0 Å². The molecule has 0 amide bonds. The molecule has 4 heteroatoms. The third-order valence-corrected chi connectivity index (χ3v) is 2.13. The number of hydrogen-bond acceptors (Lipinski definition) is 4. The normalized spacial score (nSPS) is 14.7. The average Bonchev–Trinajstić information content (AvgIpc) is 2.17. The summed E-state index contributed by atoms with van der Waals surface area (Å²) in [6.45, 7) is 3.43. The van der Waals surface area contributed by atoms with Gasteiger partial charge < -0.3 is 20.3 Å². The van der Waals surface area contributed by atoms with Crippen LogP contribution in [0.3, 0.4) is 0 Å². The first kappa shape index (κ1) is 11.8. The maximum atomic E-state index is 9.09. The van der Waals surface area contributed by atoms with Crippen LogP contribution in [-0.4, -0.2) is 18.5 Å². The first-order valence-electron chi connectivity index (χ1n) is 4.81. The molecule has 0 spiro atoms. The molecule has 0 fully saturated rings. The molecule has 0 bridgehead atoms. The Morgan fingerprint density at radius 3 is 2.53 bits per heavy atom. The summed E-state index contributed by atoms with van der Waals surface area (Å²) in [6, 6.07) is 5.42. The van der Waals surface area contributed by atoms with Crippen molar-refractivity contribution in [2.75, 3.05) is 12.8 Å². The Morgan fingerprint density at radius 1 is 1.33 bits per heavy atom. The molecule has 84 valence electrons. The zero-order chi connectivity index (χ0) is 11.4. The molecule has 0 aliphatic heterocycles. The maximum Gasteiger partial charge on any atom is 0.152 e. The molecule has 1 aromatic rings. The molecule has 1 rings (SSSR count). The van der Waals surface area contributed by atoms with Gasteiger partial charge in [-0.25, -0.2) is 0 Å². The smallest absolute Gasteiger partial charge is 0.152 e. The van der Waals surface area contributed by atoms with Crippen LogP contribution >= 0.6 is 0 Å². The van der Waals surface area contributed by atoms with E-state index in [2.05, 4.69) is 0 Å². The van der Waals surface area contributed by atoms with Crippen LogP contribution in [0, 0.1) is 0 Å². The highest BCUT2D eigenvalue weighted by atomic mass is 16.6. The van der Waals surface area contributed by atoms with Gasteiger partial charge in [-0.3, -0.25) is 0 Å². The molecular formula is C11H17NO3. The molecule has 0 aromatic heterocycles. The van der Waals surface area contributed by atoms with Crippen molar-refractivity contribution >= 4 is 5.69 Å². The van der Waals surface area contributed by atoms with E-state index in [1.54, 1.807) is 20.1 Å². The first-order valence-corrected chi connectivity index (χ1v) is 4.81. The lowest BCUT2D eigenvalue weighted by molar-refractivity contribution is -0.119. The van der Waals surface area contributed by atoms with Crippen molar-refractivity contribution in [3.8, 4) is 5.75 Å². The van der Waals surface area contributed by atoms with E-state index in [1.165, 1.54) is 0 Å². The number of nitrogens with two attached hydrogens (primary N) is 1. The summed E-state index contributed by atoms with van der Waals surface area (Å²) in [5, 5.41) is 9.09. The summed E-state index contributed by atoms with van der Waals surface area (Å²) in [4.78, 5) is 0. The van der Waals surface area contributed by atoms with Crippen LogP contribution in [0.5, 0.6) is 5.75 Å². The number of ether oxygens (including phenoxy) is 2. The van der Waals surface area contributed by atoms with Crippen molar-refractivity contribution in [2.24, 2.45) is 0 Å². The molecule has 0 heterocycles. The average molecular weight is 211 g/mol. The summed E-state index contributed by atoms with van der Waals surface area (Å²) in [7, 11) is 1.57. The first-order chi connectivity index (χ1) is 7.04. The van der Waals surface area contributed by atoms with Crippen LogP contribution in [-0.2, 0) is 4.74 Å². The number of nitrogen functional groups attached to an aromatic ring is 1. The zero-order valence-corrected chi connectivity index (χ0v) is 9.23. The quantitative estimate of drug-likeness (QED) is 0.587. The SMILES string of the molecule is COc1cc(C(C)OC(C)O)ccc1N. The summed E-state index contributed by atoms with van der Waals surface area (Å²) >= 11 is 0. The Kier molecular flexibility index (Phi) is 3.94. The fourth-order valence-electron chi connectivity index (χ4n) is 1.35. The van der Waals surface area contributed by atoms with E-state index >= 15 is 0 Å². The van der Waals surface area contributed by atoms with Crippen LogP contribution in [0.2, 0.25) is 0 Å². The molecule has 2 unspecified atom stereocenters. The second-order valence-electron chi connectivity index (χ2n) is 3.38. The fourth-order valence-corrected chi connectivity index (χ4v) is 1.35. The lowest BCUT2D eigenvalue weighted by atomic mass is 10.1. The number of aliphatic hydroxyl groups is 1. The monoisotopic (exact) mass is 211 g/mol. The minimum atomic E-state index is -0.788. The van der Waals surface area contributed by atoms with E-state index in [0.717, 1.165) is 5.56 Å². The van der Waals surface area contributed by atoms with E-state index in [4.69, 9.17) is 20.3 Å². The Balaban J connectivity index is 2.85. The maximum absolute atomic E-state index is 9.09. The van der Waals surface area contributed by atoms with E-state index in [1.807, 2.05) is 19.1 Å². The topological polar surface area (TPSA) is 64.7 Å². The van der Waals surface area contributed by atoms with Gasteiger partial charge in [-0.15, -0.1) is 0 Å². The highest BCUT2D eigenvalue weighted by Crippen LogP contribution is 2.27. The molecule has 1 aromatic carbocycles. The van der Waals surface area contributed by atoms with Gasteiger partial charge in [-0.05, 0) is 31.5 Å². The Morgan fingerprint density at radius 2 is 2.00 bits per heavy atom. The second kappa shape index (κ2) is 5.00. The fraction of sp³-hybridized carbons (Fsp3) is 0.455. The third-order valence-electron chi connectivity index (χ3n) is 2.13. The number of methoxy groups -OCH3 is 1. The van der Waals surface area contributed by atoms with Crippen LogP contribution in [0.25, 0.3) is 0 Å². The van der Waals surface area contributed by atoms with Crippen LogP contribution < -0.4 is 10.5 Å². The molecule has 15 heavy (non-hydrogen) atoms. The molecule has 4 nitrogen and oxygen atoms in total. The predicted octanol–water partition coefficient (Wildman–Crippen LogP) is 1.69. The van der Waals surface area contributed by atoms with E-state index < -0.39 is 6.29 Å². The highest BCUT2D eigenvalue weighted by molar-refractivity contribution is 5.54. The minimum absolute atomic E-state index is 0.195. The van der Waals surface area contributed by atoms with Crippen LogP contribution in [0.4, 0.5) is 5.69 Å². The number of rotatable bonds is 4.